The number of hydrogen-bond acceptors (Lipinski definition) is 3. The summed E-state index contributed by atoms with van der Waals surface area (Å²) in [6.07, 6.45) is -3.82. The number of carboxylic acid groups (broad SMARTS) is 1. The maximum Gasteiger partial charge on any atom is 0.522 e. The predicted molar refractivity (Wildman–Crippen MR) is 36.5 cm³/mol. The van der Waals surface area contributed by atoms with Crippen LogP contribution in [0, 0.1) is 0 Å². The molecule has 0 aliphatic carbocycles. The van der Waals surface area contributed by atoms with Gasteiger partial charge in [-0.1, -0.05) is 0 Å². The van der Waals surface area contributed by atoms with Crippen molar-refractivity contribution in [1.29, 1.82) is 0 Å². The van der Waals surface area contributed by atoms with Gasteiger partial charge in [-0.15, -0.1) is 13.2 Å². The van der Waals surface area contributed by atoms with Crippen LogP contribution in [0.5, 0.6) is 0 Å². The number of halogens is 3. The molecule has 0 atom stereocenters. The zero-order valence-electron chi connectivity index (χ0n) is 6.67. The van der Waals surface area contributed by atoms with Gasteiger partial charge >= 0.3 is 12.3 Å². The SMILES string of the molecule is O=C(O)c1ccoc1COC(F)(F)F. The maximum absolute atomic E-state index is 11.6. The van der Waals surface area contributed by atoms with E-state index in [-0.39, 0.29) is 11.3 Å². The van der Waals surface area contributed by atoms with Crippen molar-refractivity contribution in [2.75, 3.05) is 0 Å². The average molecular weight is 210 g/mol. The number of furan rings is 1. The normalized spacial score (nSPS) is 11.6. The van der Waals surface area contributed by atoms with Gasteiger partial charge in [-0.2, -0.15) is 0 Å². The Labute approximate surface area is 75.9 Å². The van der Waals surface area contributed by atoms with E-state index in [4.69, 9.17) is 5.11 Å². The summed E-state index contributed by atoms with van der Waals surface area (Å²) < 4.78 is 42.6. The van der Waals surface area contributed by atoms with Crippen LogP contribution in [0.3, 0.4) is 0 Å². The summed E-state index contributed by atoms with van der Waals surface area (Å²) in [6.45, 7) is -0.946. The van der Waals surface area contributed by atoms with Gasteiger partial charge in [-0.3, -0.25) is 4.74 Å². The van der Waals surface area contributed by atoms with Crippen molar-refractivity contribution < 1.29 is 32.2 Å². The van der Waals surface area contributed by atoms with Gasteiger partial charge < -0.3 is 9.52 Å². The summed E-state index contributed by atoms with van der Waals surface area (Å²) in [7, 11) is 0. The second kappa shape index (κ2) is 3.70. The molecule has 0 amide bonds. The van der Waals surface area contributed by atoms with E-state index in [0.29, 0.717) is 0 Å². The van der Waals surface area contributed by atoms with Crippen LogP contribution < -0.4 is 0 Å². The highest BCUT2D eigenvalue weighted by Gasteiger charge is 2.30. The molecule has 78 valence electrons. The van der Waals surface area contributed by atoms with Gasteiger partial charge in [0.2, 0.25) is 0 Å². The Bertz CT molecular complexity index is 328. The Morgan fingerprint density at radius 2 is 2.21 bits per heavy atom. The fourth-order valence-corrected chi connectivity index (χ4v) is 0.790. The number of carbonyl (C=O) groups is 1. The summed E-state index contributed by atoms with van der Waals surface area (Å²) in [6, 6.07) is 1.05. The van der Waals surface area contributed by atoms with Gasteiger partial charge in [0, 0.05) is 0 Å². The third-order valence-electron chi connectivity index (χ3n) is 1.34. The molecule has 0 radical (unpaired) electrons. The lowest BCUT2D eigenvalue weighted by Crippen LogP contribution is -2.13. The van der Waals surface area contributed by atoms with E-state index in [1.54, 1.807) is 0 Å². The molecule has 14 heavy (non-hydrogen) atoms. The van der Waals surface area contributed by atoms with Crippen molar-refractivity contribution in [3.05, 3.63) is 23.7 Å². The molecule has 0 fully saturated rings. The van der Waals surface area contributed by atoms with Gasteiger partial charge in [-0.25, -0.2) is 4.79 Å². The lowest BCUT2D eigenvalue weighted by molar-refractivity contribution is -0.331. The fraction of sp³-hybridized carbons (Fsp3) is 0.286. The Morgan fingerprint density at radius 1 is 1.57 bits per heavy atom. The van der Waals surface area contributed by atoms with Crippen molar-refractivity contribution in [2.45, 2.75) is 13.0 Å². The molecule has 0 bridgehead atoms. The predicted octanol–water partition coefficient (Wildman–Crippen LogP) is 2.01. The van der Waals surface area contributed by atoms with Crippen molar-refractivity contribution in [2.24, 2.45) is 0 Å². The van der Waals surface area contributed by atoms with Crippen LogP contribution in [0.4, 0.5) is 13.2 Å². The molecule has 0 saturated carbocycles. The van der Waals surface area contributed by atoms with Crippen molar-refractivity contribution >= 4 is 5.97 Å². The first kappa shape index (κ1) is 10.6. The molecule has 1 rings (SSSR count). The lowest BCUT2D eigenvalue weighted by Gasteiger charge is -2.05. The van der Waals surface area contributed by atoms with Crippen LogP contribution in [0.2, 0.25) is 0 Å². The maximum atomic E-state index is 11.6. The van der Waals surface area contributed by atoms with E-state index in [2.05, 4.69) is 9.15 Å². The lowest BCUT2D eigenvalue weighted by atomic mass is 10.2. The fourth-order valence-electron chi connectivity index (χ4n) is 0.790. The highest BCUT2D eigenvalue weighted by atomic mass is 19.4. The zero-order chi connectivity index (χ0) is 10.8. The molecule has 0 spiro atoms. The summed E-state index contributed by atoms with van der Waals surface area (Å²) in [4.78, 5) is 10.4. The second-order valence-corrected chi connectivity index (χ2v) is 2.30. The van der Waals surface area contributed by atoms with Crippen LogP contribution in [0.1, 0.15) is 16.1 Å². The molecule has 0 aliphatic rings. The Balaban J connectivity index is 2.68. The van der Waals surface area contributed by atoms with Crippen LogP contribution in [-0.4, -0.2) is 17.4 Å². The summed E-state index contributed by atoms with van der Waals surface area (Å²) in [5, 5.41) is 8.49. The summed E-state index contributed by atoms with van der Waals surface area (Å²) >= 11 is 0. The van der Waals surface area contributed by atoms with E-state index >= 15 is 0 Å². The van der Waals surface area contributed by atoms with E-state index in [0.717, 1.165) is 12.3 Å². The van der Waals surface area contributed by atoms with Crippen molar-refractivity contribution in [3.8, 4) is 0 Å². The quantitative estimate of drug-likeness (QED) is 0.828. The molecule has 0 aromatic carbocycles. The van der Waals surface area contributed by atoms with Crippen LogP contribution in [-0.2, 0) is 11.3 Å². The molecule has 1 N–H and O–H groups in total. The molecule has 1 aromatic rings. The van der Waals surface area contributed by atoms with Crippen LogP contribution in [0.25, 0.3) is 0 Å². The van der Waals surface area contributed by atoms with Gasteiger partial charge in [0.1, 0.15) is 17.9 Å². The third kappa shape index (κ3) is 2.77. The smallest absolute Gasteiger partial charge is 0.478 e. The molecule has 1 aromatic heterocycles. The molecular formula is C7H5F3O4. The summed E-state index contributed by atoms with van der Waals surface area (Å²) in [5.41, 5.74) is -0.339. The van der Waals surface area contributed by atoms with E-state index in [1.807, 2.05) is 0 Å². The first-order chi connectivity index (χ1) is 6.40. The first-order valence-electron chi connectivity index (χ1n) is 3.40. The van der Waals surface area contributed by atoms with Crippen molar-refractivity contribution in [3.63, 3.8) is 0 Å². The highest BCUT2D eigenvalue weighted by molar-refractivity contribution is 5.88. The Hall–Kier alpha value is -1.50. The number of carboxylic acids is 1. The average Bonchev–Trinajstić information content (AvgIpc) is 2.46. The van der Waals surface area contributed by atoms with Crippen LogP contribution in [0.15, 0.2) is 16.7 Å². The largest absolute Gasteiger partial charge is 0.522 e. The molecule has 0 aliphatic heterocycles. The van der Waals surface area contributed by atoms with Gasteiger partial charge in [-0.05, 0) is 6.07 Å². The number of hydrogen-bond donors (Lipinski definition) is 1. The first-order valence-corrected chi connectivity index (χ1v) is 3.40. The van der Waals surface area contributed by atoms with E-state index in [9.17, 15) is 18.0 Å². The number of ether oxygens (including phenoxy) is 1. The van der Waals surface area contributed by atoms with Gasteiger partial charge in [0.25, 0.3) is 0 Å². The topological polar surface area (TPSA) is 59.7 Å². The standard InChI is InChI=1S/C7H5F3O4/c8-7(9,10)14-3-5-4(6(11)12)1-2-13-5/h1-2H,3H2,(H,11,12). The van der Waals surface area contributed by atoms with Gasteiger partial charge in [0.05, 0.1) is 6.26 Å². The number of rotatable bonds is 3. The molecule has 0 unspecified atom stereocenters. The Morgan fingerprint density at radius 3 is 2.71 bits per heavy atom. The van der Waals surface area contributed by atoms with E-state index < -0.39 is 18.9 Å². The zero-order valence-corrected chi connectivity index (χ0v) is 6.67. The van der Waals surface area contributed by atoms with Crippen LogP contribution >= 0.6 is 0 Å². The number of aromatic carboxylic acids is 1. The monoisotopic (exact) mass is 210 g/mol. The molecule has 7 heteroatoms. The Kier molecular flexibility index (Phi) is 2.80. The summed E-state index contributed by atoms with van der Waals surface area (Å²) in [5.74, 6) is -1.73. The van der Waals surface area contributed by atoms with Crippen molar-refractivity contribution in [1.82, 2.24) is 0 Å². The molecule has 1 heterocycles. The minimum atomic E-state index is -4.80. The highest BCUT2D eigenvalue weighted by Crippen LogP contribution is 2.20. The number of alkyl halides is 3. The van der Waals surface area contributed by atoms with Gasteiger partial charge in [0.15, 0.2) is 0 Å². The van der Waals surface area contributed by atoms with E-state index in [1.165, 1.54) is 0 Å². The molecular weight excluding hydrogens is 205 g/mol. The minimum absolute atomic E-state index is 0.339. The minimum Gasteiger partial charge on any atom is -0.478 e. The third-order valence-corrected chi connectivity index (χ3v) is 1.34. The molecule has 4 nitrogen and oxygen atoms in total. The second-order valence-electron chi connectivity index (χ2n) is 2.30. The molecule has 0 saturated heterocycles.